The van der Waals surface area contributed by atoms with Crippen LogP contribution in [0.4, 0.5) is 0 Å². The molecular weight excluding hydrogens is 336 g/mol. The molecule has 1 aromatic carbocycles. The van der Waals surface area contributed by atoms with Gasteiger partial charge in [-0.15, -0.1) is 0 Å². The second-order valence-corrected chi connectivity index (χ2v) is 6.03. The van der Waals surface area contributed by atoms with Gasteiger partial charge in [-0.3, -0.25) is 0 Å². The molecule has 2 unspecified atom stereocenters. The van der Waals surface area contributed by atoms with Crippen molar-refractivity contribution in [3.8, 4) is 5.75 Å². The Bertz CT molecular complexity index is 527. The summed E-state index contributed by atoms with van der Waals surface area (Å²) in [5, 5.41) is 8.77. The largest absolute Gasteiger partial charge is 0.490 e. The third-order valence-electron chi connectivity index (χ3n) is 3.58. The lowest BCUT2D eigenvalue weighted by molar-refractivity contribution is -0.131. The van der Waals surface area contributed by atoms with Gasteiger partial charge in [0.15, 0.2) is 0 Å². The molecule has 0 radical (unpaired) electrons. The van der Waals surface area contributed by atoms with Crippen LogP contribution in [0.5, 0.6) is 5.75 Å². The molecule has 0 aromatic heterocycles. The molecule has 0 heterocycles. The summed E-state index contributed by atoms with van der Waals surface area (Å²) in [6.07, 6.45) is 7.06. The van der Waals surface area contributed by atoms with E-state index in [1.54, 1.807) is 13.2 Å². The Labute approximate surface area is 132 Å². The SMILES string of the molecule is COC1CCCC(Oc2ccc(Br)cc2C=CC(=O)O)C1. The number of hydrogen-bond acceptors (Lipinski definition) is 3. The molecule has 21 heavy (non-hydrogen) atoms. The number of carbonyl (C=O) groups is 1. The molecule has 4 nitrogen and oxygen atoms in total. The predicted molar refractivity (Wildman–Crippen MR) is 84.5 cm³/mol. The van der Waals surface area contributed by atoms with E-state index in [2.05, 4.69) is 15.9 Å². The highest BCUT2D eigenvalue weighted by Gasteiger charge is 2.23. The Kier molecular flexibility index (Phi) is 5.82. The van der Waals surface area contributed by atoms with Crippen LogP contribution in [0, 0.1) is 0 Å². The number of rotatable bonds is 5. The van der Waals surface area contributed by atoms with Gasteiger partial charge in [-0.25, -0.2) is 4.79 Å². The van der Waals surface area contributed by atoms with Gasteiger partial charge >= 0.3 is 5.97 Å². The van der Waals surface area contributed by atoms with E-state index in [0.717, 1.165) is 41.8 Å². The van der Waals surface area contributed by atoms with E-state index < -0.39 is 5.97 Å². The number of halogens is 1. The lowest BCUT2D eigenvalue weighted by Gasteiger charge is -2.29. The first-order chi connectivity index (χ1) is 10.1. The normalized spacial score (nSPS) is 22.4. The second kappa shape index (κ2) is 7.61. The van der Waals surface area contributed by atoms with Crippen molar-refractivity contribution in [1.29, 1.82) is 0 Å². The molecule has 1 fully saturated rings. The zero-order valence-electron chi connectivity index (χ0n) is 11.9. The Morgan fingerprint density at radius 2 is 2.14 bits per heavy atom. The summed E-state index contributed by atoms with van der Waals surface area (Å²) in [6, 6.07) is 5.61. The maximum atomic E-state index is 10.7. The van der Waals surface area contributed by atoms with Crippen LogP contribution in [-0.2, 0) is 9.53 Å². The smallest absolute Gasteiger partial charge is 0.328 e. The minimum absolute atomic E-state index is 0.113. The first-order valence-electron chi connectivity index (χ1n) is 6.98. The van der Waals surface area contributed by atoms with Crippen molar-refractivity contribution in [3.63, 3.8) is 0 Å². The van der Waals surface area contributed by atoms with Gasteiger partial charge in [-0.05, 0) is 43.5 Å². The second-order valence-electron chi connectivity index (χ2n) is 5.12. The number of methoxy groups -OCH3 is 1. The standard InChI is InChI=1S/C16H19BrO4/c1-20-13-3-2-4-14(10-13)21-15-7-6-12(17)9-11(15)5-8-16(18)19/h5-9,13-14H,2-4,10H2,1H3,(H,18,19). The molecule has 0 amide bonds. The summed E-state index contributed by atoms with van der Waals surface area (Å²) in [6.45, 7) is 0. The fourth-order valence-corrected chi connectivity index (χ4v) is 2.90. The highest BCUT2D eigenvalue weighted by molar-refractivity contribution is 9.10. The van der Waals surface area contributed by atoms with Gasteiger partial charge in [0.05, 0.1) is 6.10 Å². The number of hydrogen-bond donors (Lipinski definition) is 1. The van der Waals surface area contributed by atoms with E-state index in [1.807, 2.05) is 18.2 Å². The average Bonchev–Trinajstić information content (AvgIpc) is 2.47. The maximum absolute atomic E-state index is 10.7. The van der Waals surface area contributed by atoms with Gasteiger partial charge in [0.1, 0.15) is 11.9 Å². The van der Waals surface area contributed by atoms with Crippen LogP contribution >= 0.6 is 15.9 Å². The molecule has 0 saturated heterocycles. The van der Waals surface area contributed by atoms with E-state index >= 15 is 0 Å². The molecule has 1 N–H and O–H groups in total. The number of benzene rings is 1. The van der Waals surface area contributed by atoms with E-state index in [1.165, 1.54) is 0 Å². The van der Waals surface area contributed by atoms with Crippen LogP contribution in [0.15, 0.2) is 28.7 Å². The van der Waals surface area contributed by atoms with Gasteiger partial charge in [-0.2, -0.15) is 0 Å². The lowest BCUT2D eigenvalue weighted by atomic mass is 9.95. The Balaban J connectivity index is 2.13. The highest BCUT2D eigenvalue weighted by Crippen LogP contribution is 2.29. The van der Waals surface area contributed by atoms with Gasteiger partial charge in [-0.1, -0.05) is 15.9 Å². The molecule has 2 atom stereocenters. The van der Waals surface area contributed by atoms with E-state index in [0.29, 0.717) is 5.75 Å². The van der Waals surface area contributed by atoms with Crippen molar-refractivity contribution in [3.05, 3.63) is 34.3 Å². The van der Waals surface area contributed by atoms with Crippen molar-refractivity contribution >= 4 is 28.0 Å². The first kappa shape index (κ1) is 16.0. The van der Waals surface area contributed by atoms with Crippen molar-refractivity contribution in [1.82, 2.24) is 0 Å². The Morgan fingerprint density at radius 3 is 2.86 bits per heavy atom. The molecule has 0 spiro atoms. The zero-order chi connectivity index (χ0) is 15.2. The molecular formula is C16H19BrO4. The van der Waals surface area contributed by atoms with Gasteiger partial charge in [0.25, 0.3) is 0 Å². The third-order valence-corrected chi connectivity index (χ3v) is 4.08. The number of ether oxygens (including phenoxy) is 2. The zero-order valence-corrected chi connectivity index (χ0v) is 13.5. The average molecular weight is 355 g/mol. The van der Waals surface area contributed by atoms with Crippen LogP contribution in [0.3, 0.4) is 0 Å². The van der Waals surface area contributed by atoms with Crippen LogP contribution in [-0.4, -0.2) is 30.4 Å². The summed E-state index contributed by atoms with van der Waals surface area (Å²) >= 11 is 3.39. The number of aliphatic carboxylic acids is 1. The van der Waals surface area contributed by atoms with Crippen LogP contribution in [0.25, 0.3) is 6.08 Å². The van der Waals surface area contributed by atoms with Crippen LogP contribution < -0.4 is 4.74 Å². The third kappa shape index (κ3) is 4.86. The fraction of sp³-hybridized carbons (Fsp3) is 0.438. The summed E-state index contributed by atoms with van der Waals surface area (Å²) in [4.78, 5) is 10.7. The molecule has 0 bridgehead atoms. The predicted octanol–water partition coefficient (Wildman–Crippen LogP) is 3.88. The number of carboxylic acid groups (broad SMARTS) is 1. The maximum Gasteiger partial charge on any atom is 0.328 e. The summed E-state index contributed by atoms with van der Waals surface area (Å²) in [5.74, 6) is -0.268. The molecule has 1 aromatic rings. The minimum Gasteiger partial charge on any atom is -0.490 e. The van der Waals surface area contributed by atoms with Crippen molar-refractivity contribution in [2.75, 3.05) is 7.11 Å². The van der Waals surface area contributed by atoms with Crippen molar-refractivity contribution in [2.24, 2.45) is 0 Å². The van der Waals surface area contributed by atoms with Gasteiger partial charge < -0.3 is 14.6 Å². The van der Waals surface area contributed by atoms with Crippen molar-refractivity contribution < 1.29 is 19.4 Å². The highest BCUT2D eigenvalue weighted by atomic mass is 79.9. The van der Waals surface area contributed by atoms with Gasteiger partial charge in [0, 0.05) is 29.6 Å². The summed E-state index contributed by atoms with van der Waals surface area (Å²) < 4.78 is 12.4. The first-order valence-corrected chi connectivity index (χ1v) is 7.78. The van der Waals surface area contributed by atoms with E-state index in [-0.39, 0.29) is 12.2 Å². The quantitative estimate of drug-likeness (QED) is 0.815. The Hall–Kier alpha value is -1.33. The van der Waals surface area contributed by atoms with E-state index in [4.69, 9.17) is 14.6 Å². The number of carboxylic acids is 1. The molecule has 0 aliphatic heterocycles. The Morgan fingerprint density at radius 1 is 1.38 bits per heavy atom. The fourth-order valence-electron chi connectivity index (χ4n) is 2.52. The topological polar surface area (TPSA) is 55.8 Å². The summed E-state index contributed by atoms with van der Waals surface area (Å²) in [7, 11) is 1.73. The van der Waals surface area contributed by atoms with Crippen LogP contribution in [0.2, 0.25) is 0 Å². The van der Waals surface area contributed by atoms with Crippen LogP contribution in [0.1, 0.15) is 31.2 Å². The molecule has 2 rings (SSSR count). The van der Waals surface area contributed by atoms with E-state index in [9.17, 15) is 4.79 Å². The molecule has 1 saturated carbocycles. The summed E-state index contributed by atoms with van der Waals surface area (Å²) in [5.41, 5.74) is 0.756. The molecule has 1 aliphatic carbocycles. The van der Waals surface area contributed by atoms with Gasteiger partial charge in [0.2, 0.25) is 0 Å². The lowest BCUT2D eigenvalue weighted by Crippen LogP contribution is -2.29. The van der Waals surface area contributed by atoms with Crippen molar-refractivity contribution in [2.45, 2.75) is 37.9 Å². The monoisotopic (exact) mass is 354 g/mol. The molecule has 1 aliphatic rings. The molecule has 5 heteroatoms. The molecule has 114 valence electrons. The minimum atomic E-state index is -0.974.